The molecule has 0 heterocycles. The third-order valence-corrected chi connectivity index (χ3v) is 4.59. The van der Waals surface area contributed by atoms with Crippen LogP contribution in [0.25, 0.3) is 0 Å². The zero-order chi connectivity index (χ0) is 15.2. The molecular formula is C15H13NO3S2. The average molecular weight is 319 g/mol. The van der Waals surface area contributed by atoms with E-state index in [9.17, 15) is 14.9 Å². The summed E-state index contributed by atoms with van der Waals surface area (Å²) in [6.07, 6.45) is 1.99. The fourth-order valence-electron chi connectivity index (χ4n) is 1.67. The van der Waals surface area contributed by atoms with E-state index in [1.54, 1.807) is 23.9 Å². The molecule has 0 aromatic heterocycles. The SMILES string of the molecule is CSc1ccc(C(=O)CSc2ccc([N+](=O)[O-])cc2)cc1. The van der Waals surface area contributed by atoms with Crippen LogP contribution in [0.4, 0.5) is 5.69 Å². The molecule has 4 nitrogen and oxygen atoms in total. The highest BCUT2D eigenvalue weighted by atomic mass is 32.2. The number of rotatable bonds is 6. The molecule has 0 aliphatic carbocycles. The smallest absolute Gasteiger partial charge is 0.269 e. The Labute approximate surface area is 131 Å². The number of nitrogens with zero attached hydrogens (tertiary/aromatic N) is 1. The van der Waals surface area contributed by atoms with Gasteiger partial charge in [0.15, 0.2) is 5.78 Å². The van der Waals surface area contributed by atoms with Gasteiger partial charge in [0.1, 0.15) is 0 Å². The number of nitro groups is 1. The van der Waals surface area contributed by atoms with Crippen molar-refractivity contribution in [3.8, 4) is 0 Å². The van der Waals surface area contributed by atoms with Gasteiger partial charge in [-0.25, -0.2) is 0 Å². The van der Waals surface area contributed by atoms with Gasteiger partial charge < -0.3 is 0 Å². The molecule has 0 aliphatic rings. The quantitative estimate of drug-likeness (QED) is 0.344. The third kappa shape index (κ3) is 4.34. The van der Waals surface area contributed by atoms with E-state index in [1.165, 1.54) is 23.9 Å². The van der Waals surface area contributed by atoms with E-state index in [-0.39, 0.29) is 11.5 Å². The van der Waals surface area contributed by atoms with Gasteiger partial charge in [0.05, 0.1) is 10.7 Å². The maximum atomic E-state index is 12.1. The molecule has 6 heteroatoms. The van der Waals surface area contributed by atoms with Crippen LogP contribution in [0.2, 0.25) is 0 Å². The van der Waals surface area contributed by atoms with Crippen molar-refractivity contribution in [2.75, 3.05) is 12.0 Å². The van der Waals surface area contributed by atoms with Crippen molar-refractivity contribution >= 4 is 35.0 Å². The Kier molecular flexibility index (Phi) is 5.41. The van der Waals surface area contributed by atoms with Gasteiger partial charge in [0.2, 0.25) is 0 Å². The van der Waals surface area contributed by atoms with Crippen LogP contribution < -0.4 is 0 Å². The number of hydrogen-bond donors (Lipinski definition) is 0. The van der Waals surface area contributed by atoms with Crippen LogP contribution in [0.3, 0.4) is 0 Å². The molecule has 2 rings (SSSR count). The van der Waals surface area contributed by atoms with Crippen LogP contribution in [-0.2, 0) is 0 Å². The summed E-state index contributed by atoms with van der Waals surface area (Å²) in [6.45, 7) is 0. The Hall–Kier alpha value is -1.79. The van der Waals surface area contributed by atoms with Crippen LogP contribution in [0.5, 0.6) is 0 Å². The number of thioether (sulfide) groups is 2. The van der Waals surface area contributed by atoms with Gasteiger partial charge >= 0.3 is 0 Å². The van der Waals surface area contributed by atoms with E-state index < -0.39 is 4.92 Å². The lowest BCUT2D eigenvalue weighted by Gasteiger charge is -2.03. The minimum Gasteiger partial charge on any atom is -0.293 e. The highest BCUT2D eigenvalue weighted by Gasteiger charge is 2.08. The first-order chi connectivity index (χ1) is 10.1. The lowest BCUT2D eigenvalue weighted by Crippen LogP contribution is -2.01. The first-order valence-electron chi connectivity index (χ1n) is 6.14. The van der Waals surface area contributed by atoms with Crippen molar-refractivity contribution in [1.29, 1.82) is 0 Å². The zero-order valence-electron chi connectivity index (χ0n) is 11.3. The van der Waals surface area contributed by atoms with Crippen LogP contribution in [0, 0.1) is 10.1 Å². The van der Waals surface area contributed by atoms with Crippen LogP contribution >= 0.6 is 23.5 Å². The Morgan fingerprint density at radius 1 is 1.05 bits per heavy atom. The topological polar surface area (TPSA) is 60.2 Å². The van der Waals surface area contributed by atoms with E-state index >= 15 is 0 Å². The molecule has 0 saturated carbocycles. The summed E-state index contributed by atoms with van der Waals surface area (Å²) >= 11 is 3.01. The average Bonchev–Trinajstić information content (AvgIpc) is 2.53. The molecule has 0 fully saturated rings. The second kappa shape index (κ2) is 7.28. The lowest BCUT2D eigenvalue weighted by molar-refractivity contribution is -0.384. The summed E-state index contributed by atoms with van der Waals surface area (Å²) in [5.41, 5.74) is 0.737. The van der Waals surface area contributed by atoms with Gasteiger partial charge in [-0.2, -0.15) is 0 Å². The molecule has 0 atom stereocenters. The molecule has 0 radical (unpaired) electrons. The van der Waals surface area contributed by atoms with Gasteiger partial charge in [0, 0.05) is 27.5 Å². The van der Waals surface area contributed by atoms with Crippen molar-refractivity contribution in [3.63, 3.8) is 0 Å². The van der Waals surface area contributed by atoms with Crippen molar-refractivity contribution in [1.82, 2.24) is 0 Å². The number of ketones is 1. The fourth-order valence-corrected chi connectivity index (χ4v) is 2.87. The summed E-state index contributed by atoms with van der Waals surface area (Å²) in [6, 6.07) is 13.7. The molecule has 0 spiro atoms. The Bertz CT molecular complexity index is 639. The standard InChI is InChI=1S/C15H13NO3S2/c1-20-13-6-2-11(3-7-13)15(17)10-21-14-8-4-12(5-9-14)16(18)19/h2-9H,10H2,1H3. The summed E-state index contributed by atoms with van der Waals surface area (Å²) in [7, 11) is 0. The van der Waals surface area contributed by atoms with E-state index in [2.05, 4.69) is 0 Å². The number of benzene rings is 2. The van der Waals surface area contributed by atoms with Crippen LogP contribution in [0.1, 0.15) is 10.4 Å². The van der Waals surface area contributed by atoms with Crippen molar-refractivity contribution < 1.29 is 9.72 Å². The van der Waals surface area contributed by atoms with E-state index in [0.717, 1.165) is 9.79 Å². The van der Waals surface area contributed by atoms with Crippen molar-refractivity contribution in [2.45, 2.75) is 9.79 Å². The maximum Gasteiger partial charge on any atom is 0.269 e. The summed E-state index contributed by atoms with van der Waals surface area (Å²) in [4.78, 5) is 24.1. The first kappa shape index (κ1) is 15.6. The molecule has 2 aromatic carbocycles. The summed E-state index contributed by atoms with van der Waals surface area (Å²) in [5.74, 6) is 0.363. The predicted octanol–water partition coefficient (Wildman–Crippen LogP) is 4.29. The first-order valence-corrected chi connectivity index (χ1v) is 8.35. The number of hydrogen-bond acceptors (Lipinski definition) is 5. The van der Waals surface area contributed by atoms with Crippen LogP contribution in [-0.4, -0.2) is 22.7 Å². The minimum atomic E-state index is -0.438. The monoisotopic (exact) mass is 319 g/mol. The molecule has 0 aliphatic heterocycles. The number of carbonyl (C=O) groups is 1. The van der Waals surface area contributed by atoms with Gasteiger partial charge in [0.25, 0.3) is 5.69 Å². The lowest BCUT2D eigenvalue weighted by atomic mass is 10.1. The van der Waals surface area contributed by atoms with Gasteiger partial charge in [-0.05, 0) is 30.5 Å². The zero-order valence-corrected chi connectivity index (χ0v) is 12.9. The molecule has 2 aromatic rings. The maximum absolute atomic E-state index is 12.1. The summed E-state index contributed by atoms with van der Waals surface area (Å²) < 4.78 is 0. The van der Waals surface area contributed by atoms with Crippen molar-refractivity contribution in [2.24, 2.45) is 0 Å². The molecule has 0 bridgehead atoms. The number of non-ortho nitro benzene ring substituents is 1. The molecule has 0 saturated heterocycles. The molecular weight excluding hydrogens is 306 g/mol. The summed E-state index contributed by atoms with van der Waals surface area (Å²) in [5, 5.41) is 10.6. The van der Waals surface area contributed by atoms with E-state index in [1.807, 2.05) is 30.5 Å². The predicted molar refractivity (Wildman–Crippen MR) is 86.4 cm³/mol. The Balaban J connectivity index is 1.95. The molecule has 21 heavy (non-hydrogen) atoms. The largest absolute Gasteiger partial charge is 0.293 e. The Morgan fingerprint density at radius 3 is 2.14 bits per heavy atom. The molecule has 0 unspecified atom stereocenters. The second-order valence-corrected chi connectivity index (χ2v) is 6.12. The van der Waals surface area contributed by atoms with E-state index in [0.29, 0.717) is 11.3 Å². The normalized spacial score (nSPS) is 10.3. The van der Waals surface area contributed by atoms with Crippen molar-refractivity contribution in [3.05, 3.63) is 64.2 Å². The van der Waals surface area contributed by atoms with Gasteiger partial charge in [-0.3, -0.25) is 14.9 Å². The second-order valence-electron chi connectivity index (χ2n) is 4.19. The van der Waals surface area contributed by atoms with Gasteiger partial charge in [-0.1, -0.05) is 12.1 Å². The molecule has 0 N–H and O–H groups in total. The van der Waals surface area contributed by atoms with Gasteiger partial charge in [-0.15, -0.1) is 23.5 Å². The highest BCUT2D eigenvalue weighted by molar-refractivity contribution is 8.00. The third-order valence-electron chi connectivity index (χ3n) is 2.83. The molecule has 108 valence electrons. The fraction of sp³-hybridized carbons (Fsp3) is 0.133. The number of Topliss-reactive ketones (excluding diaryl/α,β-unsaturated/α-hetero) is 1. The highest BCUT2D eigenvalue weighted by Crippen LogP contribution is 2.23. The molecule has 0 amide bonds. The minimum absolute atomic E-state index is 0.0472. The Morgan fingerprint density at radius 2 is 1.62 bits per heavy atom. The van der Waals surface area contributed by atoms with E-state index in [4.69, 9.17) is 0 Å². The van der Waals surface area contributed by atoms with Crippen LogP contribution in [0.15, 0.2) is 58.3 Å². The number of carbonyl (C=O) groups excluding carboxylic acids is 1. The number of nitro benzene ring substituents is 1.